The summed E-state index contributed by atoms with van der Waals surface area (Å²) >= 11 is 0. The molecule has 0 aliphatic carbocycles. The summed E-state index contributed by atoms with van der Waals surface area (Å²) < 4.78 is 0. The van der Waals surface area contributed by atoms with Crippen LogP contribution in [0.5, 0.6) is 0 Å². The Morgan fingerprint density at radius 2 is 2.44 bits per heavy atom. The molecule has 0 unspecified atom stereocenters. The van der Waals surface area contributed by atoms with Crippen molar-refractivity contribution in [3.63, 3.8) is 0 Å². The van der Waals surface area contributed by atoms with Gasteiger partial charge in [-0.3, -0.25) is 4.79 Å². The van der Waals surface area contributed by atoms with E-state index in [9.17, 15) is 4.79 Å². The maximum atomic E-state index is 10.9. The summed E-state index contributed by atoms with van der Waals surface area (Å²) in [4.78, 5) is 10.9. The van der Waals surface area contributed by atoms with Crippen LogP contribution >= 0.6 is 0 Å². The molecular formula is C6H12N2O. The fourth-order valence-corrected chi connectivity index (χ4v) is 0.872. The van der Waals surface area contributed by atoms with Gasteiger partial charge in [-0.05, 0) is 6.92 Å². The van der Waals surface area contributed by atoms with Crippen molar-refractivity contribution in [3.8, 4) is 0 Å². The van der Waals surface area contributed by atoms with E-state index in [1.807, 2.05) is 6.92 Å². The minimum atomic E-state index is -0.639. The van der Waals surface area contributed by atoms with Crippen molar-refractivity contribution in [2.45, 2.75) is 19.4 Å². The van der Waals surface area contributed by atoms with Gasteiger partial charge >= 0.3 is 0 Å². The van der Waals surface area contributed by atoms with Gasteiger partial charge in [-0.15, -0.1) is 0 Å². The van der Waals surface area contributed by atoms with E-state index in [4.69, 9.17) is 5.73 Å². The Bertz CT molecular complexity index is 142. The summed E-state index contributed by atoms with van der Waals surface area (Å²) in [5.41, 5.74) is 5.01. The molecule has 1 rings (SSSR count). The topological polar surface area (TPSA) is 55.1 Å². The number of rotatable bonds is 0. The first-order valence-corrected chi connectivity index (χ1v) is 3.12. The molecule has 0 radical (unpaired) electrons. The Morgan fingerprint density at radius 3 is 2.56 bits per heavy atom. The molecule has 2 atom stereocenters. The van der Waals surface area contributed by atoms with Crippen molar-refractivity contribution in [1.29, 1.82) is 0 Å². The summed E-state index contributed by atoms with van der Waals surface area (Å²) in [5, 5.41) is 2.70. The van der Waals surface area contributed by atoms with Crippen LogP contribution in [0.25, 0.3) is 0 Å². The highest BCUT2D eigenvalue weighted by Crippen LogP contribution is 2.18. The number of hydrogen-bond donors (Lipinski definition) is 2. The van der Waals surface area contributed by atoms with Crippen molar-refractivity contribution < 1.29 is 4.79 Å². The first kappa shape index (κ1) is 6.55. The molecular weight excluding hydrogens is 116 g/mol. The highest BCUT2D eigenvalue weighted by Gasteiger charge is 2.39. The molecule has 3 nitrogen and oxygen atoms in total. The minimum absolute atomic E-state index is 0.0324. The maximum absolute atomic E-state index is 10.9. The third kappa shape index (κ3) is 0.812. The summed E-state index contributed by atoms with van der Waals surface area (Å²) in [5.74, 6) is 0.222. The second kappa shape index (κ2) is 1.70. The molecule has 0 saturated carbocycles. The van der Waals surface area contributed by atoms with Gasteiger partial charge in [0.2, 0.25) is 5.91 Å². The van der Waals surface area contributed by atoms with E-state index < -0.39 is 5.54 Å². The normalized spacial score (nSPS) is 43.0. The number of amides is 1. The van der Waals surface area contributed by atoms with E-state index >= 15 is 0 Å². The quantitative estimate of drug-likeness (QED) is 0.461. The van der Waals surface area contributed by atoms with Crippen LogP contribution in [0.3, 0.4) is 0 Å². The Kier molecular flexibility index (Phi) is 1.24. The van der Waals surface area contributed by atoms with Crippen LogP contribution in [-0.2, 0) is 4.79 Å². The van der Waals surface area contributed by atoms with Crippen LogP contribution in [0.4, 0.5) is 0 Å². The van der Waals surface area contributed by atoms with E-state index in [1.165, 1.54) is 0 Å². The maximum Gasteiger partial charge on any atom is 0.240 e. The molecule has 1 amide bonds. The first-order chi connectivity index (χ1) is 4.05. The SMILES string of the molecule is C[C@H]1CNC(=O)[C@@]1(C)N. The smallest absolute Gasteiger partial charge is 0.240 e. The second-order valence-electron chi connectivity index (χ2n) is 2.89. The van der Waals surface area contributed by atoms with Gasteiger partial charge in [0.05, 0.1) is 5.54 Å². The summed E-state index contributed by atoms with van der Waals surface area (Å²) in [6.45, 7) is 4.45. The lowest BCUT2D eigenvalue weighted by Gasteiger charge is -2.18. The second-order valence-corrected chi connectivity index (χ2v) is 2.89. The summed E-state index contributed by atoms with van der Waals surface area (Å²) in [6, 6.07) is 0. The van der Waals surface area contributed by atoms with Crippen molar-refractivity contribution >= 4 is 5.91 Å². The molecule has 0 bridgehead atoms. The van der Waals surface area contributed by atoms with Crippen molar-refractivity contribution in [2.24, 2.45) is 11.7 Å². The highest BCUT2D eigenvalue weighted by molar-refractivity contribution is 5.88. The predicted octanol–water partition coefficient (Wildman–Crippen LogP) is -0.530. The van der Waals surface area contributed by atoms with E-state index in [2.05, 4.69) is 5.32 Å². The molecule has 0 spiro atoms. The monoisotopic (exact) mass is 128 g/mol. The molecule has 3 N–H and O–H groups in total. The van der Waals surface area contributed by atoms with E-state index in [-0.39, 0.29) is 11.8 Å². The lowest BCUT2D eigenvalue weighted by molar-refractivity contribution is -0.123. The van der Waals surface area contributed by atoms with Gasteiger partial charge in [0, 0.05) is 12.5 Å². The van der Waals surface area contributed by atoms with E-state index in [1.54, 1.807) is 6.92 Å². The van der Waals surface area contributed by atoms with Crippen molar-refractivity contribution in [3.05, 3.63) is 0 Å². The molecule has 1 aliphatic heterocycles. The zero-order valence-corrected chi connectivity index (χ0v) is 5.77. The summed E-state index contributed by atoms with van der Waals surface area (Å²) in [7, 11) is 0. The largest absolute Gasteiger partial charge is 0.354 e. The van der Waals surface area contributed by atoms with Crippen LogP contribution in [0.2, 0.25) is 0 Å². The average molecular weight is 128 g/mol. The standard InChI is InChI=1S/C6H12N2O/c1-4-3-8-5(9)6(4,2)7/h4H,3,7H2,1-2H3,(H,8,9)/t4-,6-/m0/s1. The molecule has 0 aromatic carbocycles. The number of nitrogens with one attached hydrogen (secondary N) is 1. The van der Waals surface area contributed by atoms with Crippen molar-refractivity contribution in [1.82, 2.24) is 5.32 Å². The Balaban J connectivity index is 2.78. The van der Waals surface area contributed by atoms with Crippen LogP contribution in [0.15, 0.2) is 0 Å². The highest BCUT2D eigenvalue weighted by atomic mass is 16.2. The average Bonchev–Trinajstić information content (AvgIpc) is 1.96. The van der Waals surface area contributed by atoms with Crippen LogP contribution in [0, 0.1) is 5.92 Å². The third-order valence-corrected chi connectivity index (χ3v) is 2.08. The number of carbonyl (C=O) groups excluding carboxylic acids is 1. The lowest BCUT2D eigenvalue weighted by atomic mass is 9.92. The zero-order valence-electron chi connectivity index (χ0n) is 5.77. The fourth-order valence-electron chi connectivity index (χ4n) is 0.872. The van der Waals surface area contributed by atoms with Gasteiger partial charge in [0.15, 0.2) is 0 Å². The van der Waals surface area contributed by atoms with Crippen LogP contribution < -0.4 is 11.1 Å². The molecule has 0 aromatic heterocycles. The predicted molar refractivity (Wildman–Crippen MR) is 34.8 cm³/mol. The number of carbonyl (C=O) groups is 1. The Hall–Kier alpha value is -0.570. The third-order valence-electron chi connectivity index (χ3n) is 2.08. The Morgan fingerprint density at radius 1 is 1.89 bits per heavy atom. The van der Waals surface area contributed by atoms with Gasteiger partial charge in [0.1, 0.15) is 0 Å². The molecule has 52 valence electrons. The van der Waals surface area contributed by atoms with Gasteiger partial charge < -0.3 is 11.1 Å². The number of nitrogens with two attached hydrogens (primary N) is 1. The van der Waals surface area contributed by atoms with Crippen LogP contribution in [-0.4, -0.2) is 18.0 Å². The lowest BCUT2D eigenvalue weighted by Crippen LogP contribution is -2.47. The molecule has 3 heteroatoms. The van der Waals surface area contributed by atoms with E-state index in [0.717, 1.165) is 0 Å². The van der Waals surface area contributed by atoms with E-state index in [0.29, 0.717) is 6.54 Å². The molecule has 0 aromatic rings. The van der Waals surface area contributed by atoms with Crippen LogP contribution in [0.1, 0.15) is 13.8 Å². The van der Waals surface area contributed by atoms with Gasteiger partial charge in [-0.25, -0.2) is 0 Å². The number of hydrogen-bond acceptors (Lipinski definition) is 2. The zero-order chi connectivity index (χ0) is 7.07. The molecule has 9 heavy (non-hydrogen) atoms. The first-order valence-electron chi connectivity index (χ1n) is 3.12. The molecule has 1 aliphatic rings. The van der Waals surface area contributed by atoms with Gasteiger partial charge in [-0.2, -0.15) is 0 Å². The fraction of sp³-hybridized carbons (Fsp3) is 0.833. The summed E-state index contributed by atoms with van der Waals surface area (Å²) in [6.07, 6.45) is 0. The Labute approximate surface area is 54.6 Å². The minimum Gasteiger partial charge on any atom is -0.354 e. The van der Waals surface area contributed by atoms with Gasteiger partial charge in [0.25, 0.3) is 0 Å². The molecule has 1 fully saturated rings. The molecule has 1 saturated heterocycles. The van der Waals surface area contributed by atoms with Gasteiger partial charge in [-0.1, -0.05) is 6.92 Å². The molecule has 1 heterocycles. The van der Waals surface area contributed by atoms with Crippen molar-refractivity contribution in [2.75, 3.05) is 6.54 Å².